The fourth-order valence-electron chi connectivity index (χ4n) is 8.19. The highest BCUT2D eigenvalue weighted by Gasteiger charge is 2.40. The molecule has 9 aromatic rings. The highest BCUT2D eigenvalue weighted by Crippen LogP contribution is 2.42. The lowest BCUT2D eigenvalue weighted by atomic mass is 10.00. The molecule has 1 aromatic heterocycles. The Kier molecular flexibility index (Phi) is 6.67. The molecule has 2 nitrogen and oxygen atoms in total. The summed E-state index contributed by atoms with van der Waals surface area (Å²) in [5.74, 6) is 0. The summed E-state index contributed by atoms with van der Waals surface area (Å²) < 4.78 is 6.60. The van der Waals surface area contributed by atoms with Gasteiger partial charge in [0.05, 0.1) is 0 Å². The third-order valence-electron chi connectivity index (χ3n) is 10.8. The molecule has 2 heterocycles. The highest BCUT2D eigenvalue weighted by atomic mass is 28.3. The Morgan fingerprint density at radius 1 is 0.431 bits per heavy atom. The molecule has 0 amide bonds. The van der Waals surface area contributed by atoms with E-state index in [0.717, 1.165) is 28.2 Å². The molecule has 0 fully saturated rings. The molecular weight excluding hydrogens is 635 g/mol. The fourth-order valence-corrected chi connectivity index (χ4v) is 11.2. The molecule has 0 N–H and O–H groups in total. The lowest BCUT2D eigenvalue weighted by Gasteiger charge is -2.28. The van der Waals surface area contributed by atoms with Gasteiger partial charge in [-0.2, -0.15) is 0 Å². The van der Waals surface area contributed by atoms with E-state index in [1.807, 2.05) is 0 Å². The van der Waals surface area contributed by atoms with Crippen LogP contribution in [0.25, 0.3) is 66.1 Å². The lowest BCUT2D eigenvalue weighted by Crippen LogP contribution is -2.49. The predicted octanol–water partition coefficient (Wildman–Crippen LogP) is 12.3. The van der Waals surface area contributed by atoms with Crippen LogP contribution in [0.15, 0.2) is 180 Å². The molecule has 0 radical (unpaired) electrons. The van der Waals surface area contributed by atoms with Gasteiger partial charge in [0.25, 0.3) is 0 Å². The van der Waals surface area contributed by atoms with E-state index in [0.29, 0.717) is 0 Å². The second-order valence-electron chi connectivity index (χ2n) is 14.2. The summed E-state index contributed by atoms with van der Waals surface area (Å²) in [5.41, 5.74) is 12.9. The average Bonchev–Trinajstić information content (AvgIpc) is 3.67. The van der Waals surface area contributed by atoms with Crippen molar-refractivity contribution in [1.29, 1.82) is 0 Å². The minimum atomic E-state index is -2.05. The molecule has 1 aliphatic heterocycles. The largest absolute Gasteiger partial charge is 0.455 e. The van der Waals surface area contributed by atoms with Crippen molar-refractivity contribution in [3.05, 3.63) is 176 Å². The number of para-hydroxylation sites is 1. The molecule has 242 valence electrons. The molecule has 8 aromatic carbocycles. The molecule has 0 saturated heterocycles. The van der Waals surface area contributed by atoms with E-state index < -0.39 is 8.07 Å². The van der Waals surface area contributed by atoms with Crippen LogP contribution >= 0.6 is 0 Å². The van der Waals surface area contributed by atoms with Crippen molar-refractivity contribution in [2.45, 2.75) is 13.1 Å². The summed E-state index contributed by atoms with van der Waals surface area (Å²) in [5, 5.41) is 7.71. The molecule has 0 bridgehead atoms. The van der Waals surface area contributed by atoms with E-state index in [1.165, 1.54) is 65.3 Å². The van der Waals surface area contributed by atoms with Crippen LogP contribution < -0.4 is 15.3 Å². The molecule has 10 rings (SSSR count). The first-order valence-electron chi connectivity index (χ1n) is 17.7. The minimum Gasteiger partial charge on any atom is -0.455 e. The Labute approximate surface area is 298 Å². The molecule has 0 aliphatic carbocycles. The van der Waals surface area contributed by atoms with Gasteiger partial charge in [0.1, 0.15) is 19.2 Å². The Morgan fingerprint density at radius 2 is 1.02 bits per heavy atom. The molecule has 0 spiro atoms. The minimum absolute atomic E-state index is 0.947. The van der Waals surface area contributed by atoms with Gasteiger partial charge < -0.3 is 9.32 Å². The smallest absolute Gasteiger partial charge is 0.143 e. The molecule has 51 heavy (non-hydrogen) atoms. The van der Waals surface area contributed by atoms with Crippen molar-refractivity contribution in [3.8, 4) is 33.4 Å². The second kappa shape index (κ2) is 11.4. The number of fused-ring (bicyclic) bond motifs is 8. The van der Waals surface area contributed by atoms with Gasteiger partial charge in [-0.05, 0) is 97.5 Å². The van der Waals surface area contributed by atoms with E-state index in [1.54, 1.807) is 0 Å². The topological polar surface area (TPSA) is 16.4 Å². The molecule has 0 saturated carbocycles. The number of anilines is 3. The monoisotopic (exact) mass is 669 g/mol. The van der Waals surface area contributed by atoms with E-state index >= 15 is 0 Å². The molecule has 1 aliphatic rings. The Hall–Kier alpha value is -6.16. The Morgan fingerprint density at radius 3 is 1.80 bits per heavy atom. The van der Waals surface area contributed by atoms with Crippen molar-refractivity contribution in [2.75, 3.05) is 4.90 Å². The van der Waals surface area contributed by atoms with Gasteiger partial charge in [0.2, 0.25) is 0 Å². The normalized spacial score (nSPS) is 13.1. The van der Waals surface area contributed by atoms with E-state index in [9.17, 15) is 0 Å². The maximum Gasteiger partial charge on any atom is 0.143 e. The van der Waals surface area contributed by atoms with Crippen LogP contribution in [0.5, 0.6) is 0 Å². The number of nitrogens with zero attached hydrogens (tertiary/aromatic N) is 1. The van der Waals surface area contributed by atoms with Crippen molar-refractivity contribution >= 4 is 68.2 Å². The molecule has 3 heteroatoms. The summed E-state index contributed by atoms with van der Waals surface area (Å²) in [6.45, 7) is 4.96. The number of hydrogen-bond acceptors (Lipinski definition) is 2. The summed E-state index contributed by atoms with van der Waals surface area (Å²) in [6, 6.07) is 64.0. The third-order valence-corrected chi connectivity index (χ3v) is 14.4. The summed E-state index contributed by atoms with van der Waals surface area (Å²) >= 11 is 0. The van der Waals surface area contributed by atoms with Crippen molar-refractivity contribution < 1.29 is 4.42 Å². The quantitative estimate of drug-likeness (QED) is 0.170. The zero-order chi connectivity index (χ0) is 34.1. The Bertz CT molecular complexity index is 2760. The van der Waals surface area contributed by atoms with Gasteiger partial charge in [-0.3, -0.25) is 0 Å². The van der Waals surface area contributed by atoms with Crippen LogP contribution in [0, 0.1) is 0 Å². The first-order valence-corrected chi connectivity index (χ1v) is 20.7. The van der Waals surface area contributed by atoms with Crippen LogP contribution in [-0.4, -0.2) is 8.07 Å². The SMILES string of the molecule is C[Si]1(C)c2cc(N(c3ccc(-c4ccccc4)cc3)c3ccc4cc(-c5ccccc5)ccc4c3)ccc2-c2c1ccc1c2oc2ccccc21. The van der Waals surface area contributed by atoms with Crippen molar-refractivity contribution in [2.24, 2.45) is 0 Å². The van der Waals surface area contributed by atoms with Crippen LogP contribution in [-0.2, 0) is 0 Å². The van der Waals surface area contributed by atoms with Gasteiger partial charge >= 0.3 is 0 Å². The summed E-state index contributed by atoms with van der Waals surface area (Å²) in [4.78, 5) is 2.42. The van der Waals surface area contributed by atoms with Crippen LogP contribution in [0.1, 0.15) is 0 Å². The van der Waals surface area contributed by atoms with Gasteiger partial charge in [-0.25, -0.2) is 0 Å². The average molecular weight is 670 g/mol. The van der Waals surface area contributed by atoms with Crippen molar-refractivity contribution in [1.82, 2.24) is 0 Å². The van der Waals surface area contributed by atoms with E-state index in [4.69, 9.17) is 4.42 Å². The standard InChI is InChI=1S/C48H35NOSi/c1-51(2)45-28-27-42-41-15-9-10-16-44(41)50-48(42)47(45)43-26-25-40(31-46(43)51)49(38-22-19-34(20-23-38)32-11-5-3-6-12-32)39-24-21-36-29-35(17-18-37(36)30-39)33-13-7-4-8-14-33/h3-31H,1-2H3. The number of benzene rings is 8. The van der Waals surface area contributed by atoms with Gasteiger partial charge in [-0.1, -0.05) is 140 Å². The first kappa shape index (κ1) is 29.7. The highest BCUT2D eigenvalue weighted by molar-refractivity contribution is 7.04. The fraction of sp³-hybridized carbons (Fsp3) is 0.0417. The van der Waals surface area contributed by atoms with E-state index in [2.05, 4.69) is 194 Å². The number of hydrogen-bond donors (Lipinski definition) is 0. The van der Waals surface area contributed by atoms with E-state index in [-0.39, 0.29) is 0 Å². The third kappa shape index (κ3) is 4.77. The van der Waals surface area contributed by atoms with Crippen molar-refractivity contribution in [3.63, 3.8) is 0 Å². The maximum atomic E-state index is 6.60. The summed E-state index contributed by atoms with van der Waals surface area (Å²) in [7, 11) is -2.05. The van der Waals surface area contributed by atoms with Crippen LogP contribution in [0.2, 0.25) is 13.1 Å². The van der Waals surface area contributed by atoms with Gasteiger partial charge in [0, 0.05) is 33.4 Å². The Balaban J connectivity index is 1.13. The molecule has 0 atom stereocenters. The maximum absolute atomic E-state index is 6.60. The summed E-state index contributed by atoms with van der Waals surface area (Å²) in [6.07, 6.45) is 0. The predicted molar refractivity (Wildman–Crippen MR) is 219 cm³/mol. The molecule has 0 unspecified atom stereocenters. The first-order chi connectivity index (χ1) is 25.0. The van der Waals surface area contributed by atoms with Gasteiger partial charge in [-0.15, -0.1) is 0 Å². The number of furan rings is 1. The molecular formula is C48H35NOSi. The van der Waals surface area contributed by atoms with Crippen LogP contribution in [0.4, 0.5) is 17.1 Å². The second-order valence-corrected chi connectivity index (χ2v) is 18.5. The van der Waals surface area contributed by atoms with Crippen LogP contribution in [0.3, 0.4) is 0 Å². The zero-order valence-electron chi connectivity index (χ0n) is 28.6. The number of rotatable bonds is 5. The zero-order valence-corrected chi connectivity index (χ0v) is 29.6. The van der Waals surface area contributed by atoms with Gasteiger partial charge in [0.15, 0.2) is 0 Å². The lowest BCUT2D eigenvalue weighted by molar-refractivity contribution is 0.670.